The molecule has 0 bridgehead atoms. The molecular formula is C24H18ClNO4. The van der Waals surface area contributed by atoms with Gasteiger partial charge in [0.05, 0.1) is 18.8 Å². The average molecular weight is 420 g/mol. The Balaban J connectivity index is 1.70. The number of allylic oxidation sites excluding steroid dienone is 1. The zero-order valence-corrected chi connectivity index (χ0v) is 16.9. The molecule has 6 heteroatoms. The molecule has 0 radical (unpaired) electrons. The molecule has 5 nitrogen and oxygen atoms in total. The molecule has 0 atom stereocenters. The second kappa shape index (κ2) is 10.1. The van der Waals surface area contributed by atoms with Gasteiger partial charge in [0.2, 0.25) is 0 Å². The van der Waals surface area contributed by atoms with Crippen LogP contribution < -0.4 is 14.2 Å². The van der Waals surface area contributed by atoms with Crippen LogP contribution in [0.25, 0.3) is 11.6 Å². The zero-order valence-electron chi connectivity index (χ0n) is 16.2. The van der Waals surface area contributed by atoms with E-state index in [1.807, 2.05) is 30.3 Å². The molecular weight excluding hydrogens is 402 g/mol. The first-order valence-electron chi connectivity index (χ1n) is 9.03. The molecule has 0 saturated heterocycles. The van der Waals surface area contributed by atoms with Crippen LogP contribution in [0.4, 0.5) is 0 Å². The molecule has 0 N–H and O–H groups in total. The minimum atomic E-state index is -0.575. The number of methoxy groups -OCH3 is 1. The second-order valence-electron chi connectivity index (χ2n) is 6.16. The van der Waals surface area contributed by atoms with E-state index in [4.69, 9.17) is 25.8 Å². The van der Waals surface area contributed by atoms with Gasteiger partial charge >= 0.3 is 5.97 Å². The van der Waals surface area contributed by atoms with Gasteiger partial charge in [0, 0.05) is 5.02 Å². The Labute approximate surface area is 179 Å². The predicted molar refractivity (Wildman–Crippen MR) is 116 cm³/mol. The van der Waals surface area contributed by atoms with Crippen molar-refractivity contribution >= 4 is 29.2 Å². The van der Waals surface area contributed by atoms with Gasteiger partial charge in [-0.2, -0.15) is 5.26 Å². The number of hydrogen-bond acceptors (Lipinski definition) is 5. The van der Waals surface area contributed by atoms with Gasteiger partial charge in [0.25, 0.3) is 0 Å². The van der Waals surface area contributed by atoms with E-state index in [9.17, 15) is 10.1 Å². The van der Waals surface area contributed by atoms with Crippen molar-refractivity contribution in [2.24, 2.45) is 0 Å². The third-order valence-electron chi connectivity index (χ3n) is 4.10. The van der Waals surface area contributed by atoms with E-state index in [0.717, 1.165) is 11.1 Å². The Morgan fingerprint density at radius 2 is 1.77 bits per heavy atom. The molecule has 0 spiro atoms. The summed E-state index contributed by atoms with van der Waals surface area (Å²) in [5.74, 6) is 0.564. The fourth-order valence-corrected chi connectivity index (χ4v) is 2.77. The van der Waals surface area contributed by atoms with Crippen molar-refractivity contribution in [1.29, 1.82) is 5.26 Å². The summed E-state index contributed by atoms with van der Waals surface area (Å²) in [6.07, 6.45) is 1.74. The van der Waals surface area contributed by atoms with Gasteiger partial charge in [-0.3, -0.25) is 0 Å². The van der Waals surface area contributed by atoms with Gasteiger partial charge in [-0.15, -0.1) is 0 Å². The zero-order chi connectivity index (χ0) is 21.3. The van der Waals surface area contributed by atoms with Crippen LogP contribution in [0.5, 0.6) is 17.2 Å². The molecule has 0 amide bonds. The summed E-state index contributed by atoms with van der Waals surface area (Å²) in [4.78, 5) is 12.1. The number of nitrogens with zero attached hydrogens (tertiary/aromatic N) is 1. The van der Waals surface area contributed by atoms with E-state index < -0.39 is 5.97 Å². The molecule has 150 valence electrons. The van der Waals surface area contributed by atoms with Crippen LogP contribution in [0.1, 0.15) is 11.1 Å². The molecule has 0 aliphatic heterocycles. The standard InChI is InChI=1S/C24H18ClNO4/c1-28-23-14-17(13-19(15-26)18-5-3-2-4-6-18)7-12-22(23)30-24(27)16-29-21-10-8-20(25)9-11-21/h2-14H,16H2,1H3/b19-13+. The number of nitriles is 1. The van der Waals surface area contributed by atoms with Crippen LogP contribution in [0, 0.1) is 11.3 Å². The SMILES string of the molecule is COc1cc(/C=C(\C#N)c2ccccc2)ccc1OC(=O)COc1ccc(Cl)cc1. The maximum atomic E-state index is 12.1. The van der Waals surface area contributed by atoms with E-state index in [0.29, 0.717) is 22.1 Å². The van der Waals surface area contributed by atoms with Crippen molar-refractivity contribution in [3.63, 3.8) is 0 Å². The van der Waals surface area contributed by atoms with Crippen LogP contribution in [-0.4, -0.2) is 19.7 Å². The van der Waals surface area contributed by atoms with Crippen molar-refractivity contribution in [1.82, 2.24) is 0 Å². The third kappa shape index (κ3) is 5.63. The molecule has 3 aromatic rings. The maximum absolute atomic E-state index is 12.1. The Bertz CT molecular complexity index is 1090. The van der Waals surface area contributed by atoms with Crippen LogP contribution >= 0.6 is 11.6 Å². The fraction of sp³-hybridized carbons (Fsp3) is 0.0833. The van der Waals surface area contributed by atoms with Gasteiger partial charge in [-0.1, -0.05) is 48.0 Å². The van der Waals surface area contributed by atoms with E-state index in [1.165, 1.54) is 7.11 Å². The smallest absolute Gasteiger partial charge is 0.349 e. The van der Waals surface area contributed by atoms with E-state index >= 15 is 0 Å². The summed E-state index contributed by atoms with van der Waals surface area (Å²) in [6, 6.07) is 23.3. The summed E-state index contributed by atoms with van der Waals surface area (Å²) < 4.78 is 16.1. The first-order valence-corrected chi connectivity index (χ1v) is 9.41. The van der Waals surface area contributed by atoms with Crippen LogP contribution in [0.15, 0.2) is 72.8 Å². The Hall–Kier alpha value is -3.75. The Kier molecular flexibility index (Phi) is 7.09. The molecule has 0 unspecified atom stereocenters. The number of esters is 1. The Morgan fingerprint density at radius 1 is 1.03 bits per heavy atom. The highest BCUT2D eigenvalue weighted by molar-refractivity contribution is 6.30. The first-order chi connectivity index (χ1) is 14.6. The number of carbonyl (C=O) groups is 1. The van der Waals surface area contributed by atoms with Crippen LogP contribution in [0.2, 0.25) is 5.02 Å². The van der Waals surface area contributed by atoms with E-state index in [-0.39, 0.29) is 12.4 Å². The molecule has 3 aromatic carbocycles. The fourth-order valence-electron chi connectivity index (χ4n) is 2.65. The van der Waals surface area contributed by atoms with E-state index in [1.54, 1.807) is 48.5 Å². The van der Waals surface area contributed by atoms with E-state index in [2.05, 4.69) is 6.07 Å². The van der Waals surface area contributed by atoms with Crippen molar-refractivity contribution in [2.45, 2.75) is 0 Å². The summed E-state index contributed by atoms with van der Waals surface area (Å²) in [7, 11) is 1.48. The highest BCUT2D eigenvalue weighted by Gasteiger charge is 2.12. The minimum Gasteiger partial charge on any atom is -0.493 e. The summed E-state index contributed by atoms with van der Waals surface area (Å²) in [5.41, 5.74) is 2.07. The number of hydrogen-bond donors (Lipinski definition) is 0. The highest BCUT2D eigenvalue weighted by Crippen LogP contribution is 2.30. The topological polar surface area (TPSA) is 68.5 Å². The minimum absolute atomic E-state index is 0.262. The summed E-state index contributed by atoms with van der Waals surface area (Å²) >= 11 is 5.82. The number of rotatable bonds is 7. The van der Waals surface area contributed by atoms with Gasteiger partial charge in [0.15, 0.2) is 18.1 Å². The number of carbonyl (C=O) groups excluding carboxylic acids is 1. The van der Waals surface area contributed by atoms with Crippen molar-refractivity contribution in [3.8, 4) is 23.3 Å². The second-order valence-corrected chi connectivity index (χ2v) is 6.60. The molecule has 0 aliphatic carbocycles. The van der Waals surface area contributed by atoms with Crippen molar-refractivity contribution in [3.05, 3.63) is 88.9 Å². The van der Waals surface area contributed by atoms with Crippen molar-refractivity contribution in [2.75, 3.05) is 13.7 Å². The highest BCUT2D eigenvalue weighted by atomic mass is 35.5. The van der Waals surface area contributed by atoms with Gasteiger partial charge in [-0.25, -0.2) is 4.79 Å². The monoisotopic (exact) mass is 419 g/mol. The third-order valence-corrected chi connectivity index (χ3v) is 4.35. The largest absolute Gasteiger partial charge is 0.493 e. The quantitative estimate of drug-likeness (QED) is 0.222. The van der Waals surface area contributed by atoms with Gasteiger partial charge in [0.1, 0.15) is 5.75 Å². The lowest BCUT2D eigenvalue weighted by Crippen LogP contribution is -2.18. The lowest BCUT2D eigenvalue weighted by molar-refractivity contribution is -0.136. The van der Waals surface area contributed by atoms with Crippen LogP contribution in [0.3, 0.4) is 0 Å². The molecule has 3 rings (SSSR count). The molecule has 0 fully saturated rings. The lowest BCUT2D eigenvalue weighted by Gasteiger charge is -2.11. The molecule has 0 aliphatic rings. The number of benzene rings is 3. The Morgan fingerprint density at radius 3 is 2.43 bits per heavy atom. The van der Waals surface area contributed by atoms with Crippen LogP contribution in [-0.2, 0) is 4.79 Å². The lowest BCUT2D eigenvalue weighted by atomic mass is 10.0. The normalized spacial score (nSPS) is 10.8. The average Bonchev–Trinajstić information content (AvgIpc) is 2.78. The molecule has 0 heterocycles. The molecule has 0 saturated carbocycles. The predicted octanol–water partition coefficient (Wildman–Crippen LogP) is 5.40. The maximum Gasteiger partial charge on any atom is 0.349 e. The van der Waals surface area contributed by atoms with Gasteiger partial charge in [-0.05, 0) is 53.6 Å². The number of halogens is 1. The van der Waals surface area contributed by atoms with Gasteiger partial charge < -0.3 is 14.2 Å². The molecule has 30 heavy (non-hydrogen) atoms. The van der Waals surface area contributed by atoms with Crippen molar-refractivity contribution < 1.29 is 19.0 Å². The first kappa shape index (κ1) is 21.0. The summed E-state index contributed by atoms with van der Waals surface area (Å²) in [6.45, 7) is -0.265. The molecule has 0 aromatic heterocycles. The summed E-state index contributed by atoms with van der Waals surface area (Å²) in [5, 5.41) is 10.0. The number of ether oxygens (including phenoxy) is 3.